The zero-order valence-corrected chi connectivity index (χ0v) is 12.8. The van der Waals surface area contributed by atoms with Crippen LogP contribution in [0.15, 0.2) is 24.3 Å². The fourth-order valence-corrected chi connectivity index (χ4v) is 2.37. The van der Waals surface area contributed by atoms with Crippen LogP contribution in [0.1, 0.15) is 77.6 Å². The maximum Gasteiger partial charge on any atom is 0.0849 e. The molecule has 1 atom stereocenters. The third-order valence-electron chi connectivity index (χ3n) is 3.72. The van der Waals surface area contributed by atoms with Gasteiger partial charge in [0.2, 0.25) is 0 Å². The molecule has 110 valence electrons. The Labute approximate surface area is 120 Å². The Bertz CT molecular complexity index is 250. The van der Waals surface area contributed by atoms with Gasteiger partial charge in [0.05, 0.1) is 12.7 Å². The van der Waals surface area contributed by atoms with Crippen LogP contribution in [0.3, 0.4) is 0 Å². The highest BCUT2D eigenvalue weighted by atomic mass is 16.6. The number of unbranched alkanes of at least 4 members (excludes halogenated alkanes) is 9. The fourth-order valence-electron chi connectivity index (χ4n) is 2.37. The first-order chi connectivity index (χ1) is 9.33. The lowest BCUT2D eigenvalue weighted by Crippen LogP contribution is -1.85. The quantitative estimate of drug-likeness (QED) is 0.232. The van der Waals surface area contributed by atoms with Gasteiger partial charge in [0.25, 0.3) is 0 Å². The summed E-state index contributed by atoms with van der Waals surface area (Å²) in [7, 11) is 0. The van der Waals surface area contributed by atoms with Crippen molar-refractivity contribution in [3.63, 3.8) is 0 Å². The van der Waals surface area contributed by atoms with Crippen molar-refractivity contribution >= 4 is 0 Å². The van der Waals surface area contributed by atoms with Crippen molar-refractivity contribution in [1.29, 1.82) is 0 Å². The fraction of sp³-hybridized carbons (Fsp3) is 0.778. The van der Waals surface area contributed by atoms with Gasteiger partial charge in [-0.2, -0.15) is 0 Å². The Hall–Kier alpha value is -0.560. The van der Waals surface area contributed by atoms with Crippen molar-refractivity contribution in [2.45, 2.75) is 83.7 Å². The highest BCUT2D eigenvalue weighted by Crippen LogP contribution is 2.18. The second kappa shape index (κ2) is 11.3. The zero-order valence-electron chi connectivity index (χ0n) is 12.8. The molecular formula is C18H32O. The number of ether oxygens (including phenoxy) is 1. The number of rotatable bonds is 13. The van der Waals surface area contributed by atoms with Crippen molar-refractivity contribution in [2.24, 2.45) is 0 Å². The molecule has 0 radical (unpaired) electrons. The van der Waals surface area contributed by atoms with Crippen LogP contribution in [0.2, 0.25) is 0 Å². The second-order valence-corrected chi connectivity index (χ2v) is 5.84. The predicted molar refractivity (Wildman–Crippen MR) is 84.5 cm³/mol. The Balaban J connectivity index is 1.77. The monoisotopic (exact) mass is 264 g/mol. The van der Waals surface area contributed by atoms with E-state index in [1.54, 1.807) is 0 Å². The van der Waals surface area contributed by atoms with Crippen LogP contribution in [0.5, 0.6) is 0 Å². The SMILES string of the molecule is C=C(C=CCCCCCCCCCCC)CC1CO1. The maximum atomic E-state index is 5.19. The Morgan fingerprint density at radius 2 is 1.63 bits per heavy atom. The van der Waals surface area contributed by atoms with E-state index in [0.717, 1.165) is 13.0 Å². The molecule has 1 aliphatic rings. The van der Waals surface area contributed by atoms with Crippen LogP contribution in [-0.4, -0.2) is 12.7 Å². The van der Waals surface area contributed by atoms with Gasteiger partial charge in [0, 0.05) is 6.42 Å². The van der Waals surface area contributed by atoms with Gasteiger partial charge in [-0.05, 0) is 12.8 Å². The van der Waals surface area contributed by atoms with E-state index >= 15 is 0 Å². The van der Waals surface area contributed by atoms with Crippen LogP contribution in [0.4, 0.5) is 0 Å². The second-order valence-electron chi connectivity index (χ2n) is 5.84. The average Bonchev–Trinajstić information content (AvgIpc) is 3.20. The molecule has 0 aromatic rings. The van der Waals surface area contributed by atoms with E-state index in [2.05, 4.69) is 25.7 Å². The Kier molecular flexibility index (Phi) is 9.79. The molecule has 1 saturated heterocycles. The lowest BCUT2D eigenvalue weighted by atomic mass is 10.1. The van der Waals surface area contributed by atoms with Gasteiger partial charge < -0.3 is 4.74 Å². The minimum Gasteiger partial charge on any atom is -0.373 e. The molecule has 0 aliphatic carbocycles. The molecule has 0 spiro atoms. The predicted octanol–water partition coefficient (Wildman–Crippen LogP) is 5.81. The average molecular weight is 264 g/mol. The van der Waals surface area contributed by atoms with Gasteiger partial charge in [0.15, 0.2) is 0 Å². The first kappa shape index (κ1) is 16.5. The molecule has 1 unspecified atom stereocenters. The van der Waals surface area contributed by atoms with Crippen LogP contribution < -0.4 is 0 Å². The Morgan fingerprint density at radius 1 is 1.05 bits per heavy atom. The van der Waals surface area contributed by atoms with Crippen LogP contribution in [0.25, 0.3) is 0 Å². The maximum absolute atomic E-state index is 5.19. The first-order valence-electron chi connectivity index (χ1n) is 8.29. The molecule has 19 heavy (non-hydrogen) atoms. The van der Waals surface area contributed by atoms with Gasteiger partial charge in [-0.3, -0.25) is 0 Å². The summed E-state index contributed by atoms with van der Waals surface area (Å²) in [5.74, 6) is 0. The minimum absolute atomic E-state index is 0.477. The number of hydrogen-bond acceptors (Lipinski definition) is 1. The van der Waals surface area contributed by atoms with Crippen LogP contribution in [0, 0.1) is 0 Å². The summed E-state index contributed by atoms with van der Waals surface area (Å²) < 4.78 is 5.19. The topological polar surface area (TPSA) is 12.5 Å². The summed E-state index contributed by atoms with van der Waals surface area (Å²) in [5, 5.41) is 0. The van der Waals surface area contributed by atoms with Gasteiger partial charge in [-0.25, -0.2) is 0 Å². The molecule has 0 aromatic heterocycles. The molecule has 1 nitrogen and oxygen atoms in total. The third-order valence-corrected chi connectivity index (χ3v) is 3.72. The standard InChI is InChI=1S/C18H32O/c1-3-4-5-6-7-8-9-10-11-12-13-14-17(2)15-18-16-19-18/h13-14,18H,2-12,15-16H2,1H3. The van der Waals surface area contributed by atoms with Crippen LogP contribution in [-0.2, 0) is 4.74 Å². The lowest BCUT2D eigenvalue weighted by molar-refractivity contribution is 0.408. The van der Waals surface area contributed by atoms with Crippen molar-refractivity contribution in [3.8, 4) is 0 Å². The highest BCUT2D eigenvalue weighted by Gasteiger charge is 2.21. The van der Waals surface area contributed by atoms with E-state index in [4.69, 9.17) is 4.74 Å². The summed E-state index contributed by atoms with van der Waals surface area (Å²) >= 11 is 0. The molecule has 1 heterocycles. The van der Waals surface area contributed by atoms with E-state index in [-0.39, 0.29) is 0 Å². The summed E-state index contributed by atoms with van der Waals surface area (Å²) in [6.45, 7) is 7.26. The first-order valence-corrected chi connectivity index (χ1v) is 8.29. The van der Waals surface area contributed by atoms with E-state index < -0.39 is 0 Å². The molecular weight excluding hydrogens is 232 g/mol. The van der Waals surface area contributed by atoms with E-state index in [1.807, 2.05) is 0 Å². The molecule has 1 rings (SSSR count). The molecule has 0 aromatic carbocycles. The molecule has 1 heteroatoms. The number of hydrogen-bond donors (Lipinski definition) is 0. The van der Waals surface area contributed by atoms with Crippen molar-refractivity contribution in [3.05, 3.63) is 24.3 Å². The normalized spacial score (nSPS) is 18.1. The van der Waals surface area contributed by atoms with E-state index in [1.165, 1.54) is 69.8 Å². The third kappa shape index (κ3) is 11.0. The lowest BCUT2D eigenvalue weighted by Gasteiger charge is -2.00. The molecule has 0 amide bonds. The smallest absolute Gasteiger partial charge is 0.0849 e. The van der Waals surface area contributed by atoms with Gasteiger partial charge >= 0.3 is 0 Å². The molecule has 0 N–H and O–H groups in total. The summed E-state index contributed by atoms with van der Waals surface area (Å²) in [4.78, 5) is 0. The highest BCUT2D eigenvalue weighted by molar-refractivity contribution is 5.16. The molecule has 0 saturated carbocycles. The van der Waals surface area contributed by atoms with E-state index in [9.17, 15) is 0 Å². The summed E-state index contributed by atoms with van der Waals surface area (Å²) in [5.41, 5.74) is 1.22. The minimum atomic E-state index is 0.477. The van der Waals surface area contributed by atoms with Gasteiger partial charge in [-0.1, -0.05) is 82.6 Å². The zero-order chi connectivity index (χ0) is 13.8. The Morgan fingerprint density at radius 3 is 2.21 bits per heavy atom. The van der Waals surface area contributed by atoms with Gasteiger partial charge in [-0.15, -0.1) is 0 Å². The number of allylic oxidation sites excluding steroid dienone is 2. The molecule has 1 fully saturated rings. The van der Waals surface area contributed by atoms with Crippen molar-refractivity contribution in [1.82, 2.24) is 0 Å². The summed E-state index contributed by atoms with van der Waals surface area (Å²) in [6, 6.07) is 0. The van der Waals surface area contributed by atoms with Gasteiger partial charge in [0.1, 0.15) is 0 Å². The van der Waals surface area contributed by atoms with Crippen molar-refractivity contribution in [2.75, 3.05) is 6.61 Å². The largest absolute Gasteiger partial charge is 0.373 e. The molecule has 1 aliphatic heterocycles. The van der Waals surface area contributed by atoms with Crippen molar-refractivity contribution < 1.29 is 4.74 Å². The molecule has 0 bridgehead atoms. The van der Waals surface area contributed by atoms with Crippen LogP contribution >= 0.6 is 0 Å². The van der Waals surface area contributed by atoms with E-state index in [0.29, 0.717) is 6.10 Å². The summed E-state index contributed by atoms with van der Waals surface area (Å²) in [6.07, 6.45) is 19.8. The number of epoxide rings is 1.